The lowest BCUT2D eigenvalue weighted by atomic mass is 9.94. The molecule has 114 valence electrons. The third kappa shape index (κ3) is 4.48. The molecule has 0 heterocycles. The number of rotatable bonds is 4. The summed E-state index contributed by atoms with van der Waals surface area (Å²) < 4.78 is 44.2. The van der Waals surface area contributed by atoms with Gasteiger partial charge in [-0.05, 0) is 47.0 Å². The van der Waals surface area contributed by atoms with Crippen molar-refractivity contribution < 1.29 is 17.7 Å². The molecule has 0 bridgehead atoms. The molecule has 1 atom stereocenters. The second-order valence-electron chi connectivity index (χ2n) is 4.91. The van der Waals surface area contributed by atoms with Crippen LogP contribution in [0.15, 0.2) is 27.6 Å². The van der Waals surface area contributed by atoms with E-state index in [1.165, 1.54) is 0 Å². The van der Waals surface area contributed by atoms with Crippen molar-refractivity contribution in [1.82, 2.24) is 0 Å². The minimum atomic E-state index is -2.57. The van der Waals surface area contributed by atoms with Crippen LogP contribution < -0.4 is 4.74 Å². The molecule has 7 heteroatoms. The van der Waals surface area contributed by atoms with Crippen molar-refractivity contribution in [1.29, 1.82) is 5.26 Å². The van der Waals surface area contributed by atoms with E-state index < -0.39 is 16.7 Å². The third-order valence-corrected chi connectivity index (χ3v) is 5.11. The zero-order valence-electron chi connectivity index (χ0n) is 11.2. The minimum Gasteiger partial charge on any atom is -0.489 e. The summed E-state index contributed by atoms with van der Waals surface area (Å²) in [6.45, 7) is 0. The van der Waals surface area contributed by atoms with Gasteiger partial charge in [-0.2, -0.15) is 5.26 Å². The van der Waals surface area contributed by atoms with Gasteiger partial charge in [0, 0.05) is 17.7 Å². The highest BCUT2D eigenvalue weighted by Gasteiger charge is 2.35. The first-order chi connectivity index (χ1) is 9.91. The van der Waals surface area contributed by atoms with Gasteiger partial charge < -0.3 is 4.74 Å². The molecule has 0 radical (unpaired) electrons. The Morgan fingerprint density at radius 3 is 2.67 bits per heavy atom. The van der Waals surface area contributed by atoms with Crippen molar-refractivity contribution >= 4 is 26.7 Å². The summed E-state index contributed by atoms with van der Waals surface area (Å²) in [7, 11) is -1.36. The maximum atomic E-state index is 13.1. The van der Waals surface area contributed by atoms with E-state index in [0.29, 0.717) is 28.0 Å². The lowest BCUT2D eigenvalue weighted by Gasteiger charge is -2.29. The highest BCUT2D eigenvalue weighted by atomic mass is 79.9. The molecule has 2 rings (SSSR count). The van der Waals surface area contributed by atoms with Gasteiger partial charge in [0.05, 0.1) is 27.4 Å². The van der Waals surface area contributed by atoms with Gasteiger partial charge in [0.15, 0.2) is 0 Å². The zero-order chi connectivity index (χ0) is 15.5. The molecule has 0 aliphatic heterocycles. The van der Waals surface area contributed by atoms with Crippen LogP contribution in [0.2, 0.25) is 0 Å². The normalized spacial score (nSPS) is 19.7. The second-order valence-corrected chi connectivity index (χ2v) is 7.22. The Bertz CT molecular complexity index is 579. The first-order valence-corrected chi connectivity index (χ1v) is 8.62. The van der Waals surface area contributed by atoms with Crippen molar-refractivity contribution in [2.75, 3.05) is 5.75 Å². The van der Waals surface area contributed by atoms with Crippen molar-refractivity contribution in [3.63, 3.8) is 0 Å². The Labute approximate surface area is 132 Å². The Kier molecular flexibility index (Phi) is 5.33. The van der Waals surface area contributed by atoms with E-state index in [2.05, 4.69) is 15.9 Å². The van der Waals surface area contributed by atoms with Crippen LogP contribution in [0, 0.1) is 11.3 Å². The molecule has 1 aliphatic carbocycles. The van der Waals surface area contributed by atoms with Crippen LogP contribution in [0.1, 0.15) is 25.7 Å². The zero-order valence-corrected chi connectivity index (χ0v) is 13.6. The van der Waals surface area contributed by atoms with Gasteiger partial charge in [0.25, 0.3) is 0 Å². The molecule has 1 fully saturated rings. The molecule has 1 unspecified atom stereocenters. The minimum absolute atomic E-state index is 0.0651. The van der Waals surface area contributed by atoms with E-state index in [-0.39, 0.29) is 24.7 Å². The van der Waals surface area contributed by atoms with Crippen LogP contribution in [0.25, 0.3) is 0 Å². The van der Waals surface area contributed by atoms with E-state index in [0.717, 1.165) is 0 Å². The number of alkyl halides is 2. The Balaban J connectivity index is 2.02. The van der Waals surface area contributed by atoms with Gasteiger partial charge in [0.1, 0.15) is 11.5 Å². The summed E-state index contributed by atoms with van der Waals surface area (Å²) in [6, 6.07) is 6.78. The molecule has 0 saturated heterocycles. The molecule has 1 aromatic rings. The number of nitrogens with zero attached hydrogens (tertiary/aromatic N) is 1. The van der Waals surface area contributed by atoms with Crippen LogP contribution >= 0.6 is 15.9 Å². The van der Waals surface area contributed by atoms with E-state index in [9.17, 15) is 13.0 Å². The molecule has 3 nitrogen and oxygen atoms in total. The van der Waals surface area contributed by atoms with E-state index >= 15 is 0 Å². The summed E-state index contributed by atoms with van der Waals surface area (Å²) in [6.07, 6.45) is 0.110. The molecular formula is C14H14BrF2NO2S. The molecule has 0 spiro atoms. The average Bonchev–Trinajstić information content (AvgIpc) is 2.43. The monoisotopic (exact) mass is 377 g/mol. The largest absolute Gasteiger partial charge is 0.489 e. The molecule has 0 amide bonds. The smallest absolute Gasteiger partial charge is 0.248 e. The Morgan fingerprint density at radius 1 is 1.43 bits per heavy atom. The number of nitriles is 1. The van der Waals surface area contributed by atoms with Gasteiger partial charge in [-0.15, -0.1) is 0 Å². The van der Waals surface area contributed by atoms with E-state index in [1.54, 1.807) is 18.2 Å². The van der Waals surface area contributed by atoms with Crippen molar-refractivity contribution in [3.05, 3.63) is 22.7 Å². The number of hydrogen-bond donors (Lipinski definition) is 0. The van der Waals surface area contributed by atoms with Crippen LogP contribution in [0.4, 0.5) is 8.78 Å². The van der Waals surface area contributed by atoms with Crippen LogP contribution in [-0.4, -0.2) is 22.0 Å². The lowest BCUT2D eigenvalue weighted by molar-refractivity contribution is -0.0583. The topological polar surface area (TPSA) is 50.1 Å². The fraction of sp³-hybridized carbons (Fsp3) is 0.500. The SMILES string of the molecule is N#CCS(=O)c1ccc(OC2CCC(F)(F)CC2)c(Br)c1. The maximum absolute atomic E-state index is 13.1. The number of halogens is 3. The fourth-order valence-corrected chi connectivity index (χ4v) is 3.55. The number of benzene rings is 1. The van der Waals surface area contributed by atoms with Crippen molar-refractivity contribution in [2.24, 2.45) is 0 Å². The molecule has 1 aliphatic rings. The quantitative estimate of drug-likeness (QED) is 0.795. The highest BCUT2D eigenvalue weighted by Crippen LogP contribution is 2.36. The first-order valence-electron chi connectivity index (χ1n) is 6.51. The van der Waals surface area contributed by atoms with Crippen molar-refractivity contribution in [3.8, 4) is 11.8 Å². The van der Waals surface area contributed by atoms with Crippen LogP contribution in [-0.2, 0) is 10.8 Å². The first kappa shape index (κ1) is 16.4. The second kappa shape index (κ2) is 6.84. The summed E-state index contributed by atoms with van der Waals surface area (Å²) in [5, 5.41) is 8.54. The maximum Gasteiger partial charge on any atom is 0.248 e. The lowest BCUT2D eigenvalue weighted by Crippen LogP contribution is -2.30. The van der Waals surface area contributed by atoms with Crippen molar-refractivity contribution in [2.45, 2.75) is 42.6 Å². The van der Waals surface area contributed by atoms with Gasteiger partial charge in [-0.25, -0.2) is 8.78 Å². The molecule has 0 aromatic heterocycles. The molecule has 1 aromatic carbocycles. The predicted molar refractivity (Wildman–Crippen MR) is 78.9 cm³/mol. The number of hydrogen-bond acceptors (Lipinski definition) is 3. The Morgan fingerprint density at radius 2 is 2.10 bits per heavy atom. The van der Waals surface area contributed by atoms with Gasteiger partial charge in [-0.3, -0.25) is 4.21 Å². The molecular weight excluding hydrogens is 364 g/mol. The summed E-state index contributed by atoms with van der Waals surface area (Å²) in [5.41, 5.74) is 0. The van der Waals surface area contributed by atoms with Crippen LogP contribution in [0.3, 0.4) is 0 Å². The van der Waals surface area contributed by atoms with Gasteiger partial charge in [-0.1, -0.05) is 0 Å². The fourth-order valence-electron chi connectivity index (χ4n) is 2.17. The van der Waals surface area contributed by atoms with Gasteiger partial charge >= 0.3 is 0 Å². The van der Waals surface area contributed by atoms with E-state index in [1.807, 2.05) is 6.07 Å². The predicted octanol–water partition coefficient (Wildman–Crippen LogP) is 4.04. The summed E-state index contributed by atoms with van der Waals surface area (Å²) >= 11 is 3.33. The van der Waals surface area contributed by atoms with Gasteiger partial charge in [0.2, 0.25) is 5.92 Å². The van der Waals surface area contributed by atoms with Crippen LogP contribution in [0.5, 0.6) is 5.75 Å². The standard InChI is InChI=1S/C14H14BrF2NO2S/c15-12-9-11(21(19)8-7-18)1-2-13(12)20-10-3-5-14(16,17)6-4-10/h1-2,9-10H,3-6,8H2. The van der Waals surface area contributed by atoms with E-state index in [4.69, 9.17) is 10.00 Å². The molecule has 21 heavy (non-hydrogen) atoms. The summed E-state index contributed by atoms with van der Waals surface area (Å²) in [4.78, 5) is 0.533. The molecule has 1 saturated carbocycles. The molecule has 0 N–H and O–H groups in total. The summed E-state index contributed by atoms with van der Waals surface area (Å²) in [5.74, 6) is -2.10. The number of ether oxygens (including phenoxy) is 1. The Hall–Kier alpha value is -1.00. The highest BCUT2D eigenvalue weighted by molar-refractivity contribution is 9.10. The third-order valence-electron chi connectivity index (χ3n) is 3.32. The average molecular weight is 378 g/mol.